The maximum atomic E-state index is 11.3. The molecule has 76 valence electrons. The third-order valence-electron chi connectivity index (χ3n) is 1.94. The Kier molecular flexibility index (Phi) is 3.27. The molecule has 1 saturated heterocycles. The number of amides is 1. The van der Waals surface area contributed by atoms with Gasteiger partial charge in [-0.1, -0.05) is 0 Å². The van der Waals surface area contributed by atoms with Crippen LogP contribution in [-0.2, 0) is 14.8 Å². The van der Waals surface area contributed by atoms with Crippen molar-refractivity contribution >= 4 is 15.9 Å². The van der Waals surface area contributed by atoms with Crippen molar-refractivity contribution in [2.75, 3.05) is 25.9 Å². The summed E-state index contributed by atoms with van der Waals surface area (Å²) in [6.45, 7) is 1.40. The predicted molar refractivity (Wildman–Crippen MR) is 48.7 cm³/mol. The van der Waals surface area contributed by atoms with Gasteiger partial charge in [0.15, 0.2) is 0 Å². The minimum Gasteiger partial charge on any atom is -0.342 e. The molecule has 0 bridgehead atoms. The van der Waals surface area contributed by atoms with E-state index < -0.39 is 10.0 Å². The van der Waals surface area contributed by atoms with Crippen molar-refractivity contribution in [2.45, 2.75) is 12.8 Å². The molecule has 1 N–H and O–H groups in total. The van der Waals surface area contributed by atoms with E-state index in [1.165, 1.54) is 0 Å². The summed E-state index contributed by atoms with van der Waals surface area (Å²) < 4.78 is 23.5. The molecule has 1 heterocycles. The summed E-state index contributed by atoms with van der Waals surface area (Å²) in [5.74, 6) is -0.136. The van der Waals surface area contributed by atoms with Gasteiger partial charge < -0.3 is 4.90 Å². The van der Waals surface area contributed by atoms with Crippen molar-refractivity contribution in [2.24, 2.45) is 0 Å². The van der Waals surface area contributed by atoms with Crippen LogP contribution in [-0.4, -0.2) is 45.1 Å². The molecule has 0 unspecified atom stereocenters. The second-order valence-electron chi connectivity index (χ2n) is 3.18. The number of nitrogens with zero attached hydrogens (tertiary/aromatic N) is 1. The molecular weight excluding hydrogens is 192 g/mol. The highest BCUT2D eigenvalue weighted by molar-refractivity contribution is 7.88. The Hall–Kier alpha value is -0.620. The van der Waals surface area contributed by atoms with Crippen LogP contribution in [0.1, 0.15) is 12.8 Å². The van der Waals surface area contributed by atoms with E-state index in [-0.39, 0.29) is 12.5 Å². The Morgan fingerprint density at radius 3 is 2.38 bits per heavy atom. The van der Waals surface area contributed by atoms with E-state index in [0.29, 0.717) is 0 Å². The van der Waals surface area contributed by atoms with Gasteiger partial charge in [0.2, 0.25) is 15.9 Å². The average Bonchev–Trinajstić information content (AvgIpc) is 2.50. The summed E-state index contributed by atoms with van der Waals surface area (Å²) in [6, 6.07) is 0. The maximum Gasteiger partial charge on any atom is 0.237 e. The van der Waals surface area contributed by atoms with Crippen LogP contribution >= 0.6 is 0 Å². The summed E-state index contributed by atoms with van der Waals surface area (Å²) in [7, 11) is -3.25. The quantitative estimate of drug-likeness (QED) is 0.654. The number of rotatable bonds is 3. The first-order valence-electron chi connectivity index (χ1n) is 4.21. The van der Waals surface area contributed by atoms with E-state index in [2.05, 4.69) is 4.72 Å². The molecule has 0 aromatic heterocycles. The number of carbonyl (C=O) groups excluding carboxylic acids is 1. The van der Waals surface area contributed by atoms with Gasteiger partial charge in [0.25, 0.3) is 0 Å². The Morgan fingerprint density at radius 1 is 1.38 bits per heavy atom. The van der Waals surface area contributed by atoms with Gasteiger partial charge in [-0.05, 0) is 12.8 Å². The molecular formula is C7H14N2O3S. The SMILES string of the molecule is CS(=O)(=O)NCC(=O)N1CCCC1. The fraction of sp³-hybridized carbons (Fsp3) is 0.857. The van der Waals surface area contributed by atoms with Crippen LogP contribution in [0.3, 0.4) is 0 Å². The number of hydrogen-bond donors (Lipinski definition) is 1. The van der Waals surface area contributed by atoms with Crippen LogP contribution in [0.2, 0.25) is 0 Å². The Bertz CT molecular complexity index is 280. The molecule has 0 spiro atoms. The van der Waals surface area contributed by atoms with Crippen LogP contribution in [0.15, 0.2) is 0 Å². The number of carbonyl (C=O) groups is 1. The molecule has 0 radical (unpaired) electrons. The third kappa shape index (κ3) is 3.73. The predicted octanol–water partition coefficient (Wildman–Crippen LogP) is -0.842. The Morgan fingerprint density at radius 2 is 1.92 bits per heavy atom. The minimum atomic E-state index is -3.25. The smallest absolute Gasteiger partial charge is 0.237 e. The molecule has 1 fully saturated rings. The second-order valence-corrected chi connectivity index (χ2v) is 5.01. The molecule has 13 heavy (non-hydrogen) atoms. The van der Waals surface area contributed by atoms with Crippen LogP contribution in [0.5, 0.6) is 0 Å². The van der Waals surface area contributed by atoms with Crippen molar-refractivity contribution in [3.8, 4) is 0 Å². The second kappa shape index (κ2) is 4.06. The molecule has 0 atom stereocenters. The van der Waals surface area contributed by atoms with E-state index in [0.717, 1.165) is 32.2 Å². The molecule has 5 nitrogen and oxygen atoms in total. The highest BCUT2D eigenvalue weighted by atomic mass is 32.2. The molecule has 0 aliphatic carbocycles. The van der Waals surface area contributed by atoms with Gasteiger partial charge >= 0.3 is 0 Å². The van der Waals surface area contributed by atoms with Gasteiger partial charge in [-0.25, -0.2) is 13.1 Å². The summed E-state index contributed by atoms with van der Waals surface area (Å²) in [6.07, 6.45) is 3.08. The van der Waals surface area contributed by atoms with Crippen LogP contribution < -0.4 is 4.72 Å². The first kappa shape index (κ1) is 10.5. The minimum absolute atomic E-state index is 0.112. The first-order chi connectivity index (χ1) is 5.99. The largest absolute Gasteiger partial charge is 0.342 e. The first-order valence-corrected chi connectivity index (χ1v) is 6.10. The summed E-state index contributed by atoms with van der Waals surface area (Å²) in [4.78, 5) is 13.0. The number of likely N-dealkylation sites (tertiary alicyclic amines) is 1. The van der Waals surface area contributed by atoms with E-state index >= 15 is 0 Å². The van der Waals surface area contributed by atoms with E-state index in [9.17, 15) is 13.2 Å². The monoisotopic (exact) mass is 206 g/mol. The standard InChI is InChI=1S/C7H14N2O3S/c1-13(11,12)8-6-7(10)9-4-2-3-5-9/h8H,2-6H2,1H3. The number of hydrogen-bond acceptors (Lipinski definition) is 3. The van der Waals surface area contributed by atoms with Gasteiger partial charge in [0.1, 0.15) is 0 Å². The van der Waals surface area contributed by atoms with E-state index in [1.54, 1.807) is 4.90 Å². The molecule has 1 amide bonds. The molecule has 0 saturated carbocycles. The summed E-state index contributed by atoms with van der Waals surface area (Å²) in [5.41, 5.74) is 0. The molecule has 1 aliphatic heterocycles. The van der Waals surface area contributed by atoms with Crippen molar-refractivity contribution in [1.29, 1.82) is 0 Å². The average molecular weight is 206 g/mol. The molecule has 0 aromatic carbocycles. The van der Waals surface area contributed by atoms with Crippen molar-refractivity contribution in [3.63, 3.8) is 0 Å². The summed E-state index contributed by atoms with van der Waals surface area (Å²) >= 11 is 0. The van der Waals surface area contributed by atoms with Gasteiger partial charge in [-0.2, -0.15) is 0 Å². The van der Waals surface area contributed by atoms with Gasteiger partial charge in [0.05, 0.1) is 12.8 Å². The lowest BCUT2D eigenvalue weighted by atomic mass is 10.4. The third-order valence-corrected chi connectivity index (χ3v) is 2.61. The van der Waals surface area contributed by atoms with Crippen LogP contribution in [0.4, 0.5) is 0 Å². The zero-order valence-corrected chi connectivity index (χ0v) is 8.43. The lowest BCUT2D eigenvalue weighted by Crippen LogP contribution is -2.38. The zero-order valence-electron chi connectivity index (χ0n) is 7.62. The molecule has 0 aromatic rings. The molecule has 1 aliphatic rings. The van der Waals surface area contributed by atoms with Crippen LogP contribution in [0.25, 0.3) is 0 Å². The maximum absolute atomic E-state index is 11.3. The number of nitrogens with one attached hydrogen (secondary N) is 1. The molecule has 6 heteroatoms. The topological polar surface area (TPSA) is 66.5 Å². The van der Waals surface area contributed by atoms with Crippen LogP contribution in [0, 0.1) is 0 Å². The zero-order chi connectivity index (χ0) is 9.90. The normalized spacial score (nSPS) is 17.8. The number of sulfonamides is 1. The van der Waals surface area contributed by atoms with E-state index in [4.69, 9.17) is 0 Å². The molecule has 1 rings (SSSR count). The fourth-order valence-corrected chi connectivity index (χ4v) is 1.66. The van der Waals surface area contributed by atoms with Crippen molar-refractivity contribution in [3.05, 3.63) is 0 Å². The lowest BCUT2D eigenvalue weighted by Gasteiger charge is -2.14. The summed E-state index contributed by atoms with van der Waals surface area (Å²) in [5, 5.41) is 0. The van der Waals surface area contributed by atoms with E-state index in [1.807, 2.05) is 0 Å². The van der Waals surface area contributed by atoms with Crippen molar-refractivity contribution < 1.29 is 13.2 Å². The highest BCUT2D eigenvalue weighted by Gasteiger charge is 2.18. The lowest BCUT2D eigenvalue weighted by molar-refractivity contribution is -0.128. The van der Waals surface area contributed by atoms with Gasteiger partial charge in [-0.3, -0.25) is 4.79 Å². The Labute approximate surface area is 78.2 Å². The fourth-order valence-electron chi connectivity index (χ4n) is 1.27. The van der Waals surface area contributed by atoms with Gasteiger partial charge in [0, 0.05) is 13.1 Å². The Balaban J connectivity index is 2.33. The highest BCUT2D eigenvalue weighted by Crippen LogP contribution is 2.06. The van der Waals surface area contributed by atoms with Crippen molar-refractivity contribution in [1.82, 2.24) is 9.62 Å². The van der Waals surface area contributed by atoms with Gasteiger partial charge in [-0.15, -0.1) is 0 Å².